The molecule has 4 aromatic rings. The molecule has 7 heteroatoms. The Bertz CT molecular complexity index is 1330. The summed E-state index contributed by atoms with van der Waals surface area (Å²) in [6.45, 7) is 3.91. The Kier molecular flexibility index (Phi) is 5.98. The zero-order valence-electron chi connectivity index (χ0n) is 18.3. The van der Waals surface area contributed by atoms with E-state index in [9.17, 15) is 8.42 Å². The molecule has 6 nitrogen and oxygen atoms in total. The average Bonchev–Trinajstić information content (AvgIpc) is 2.76. The number of hydrogen-bond donors (Lipinski definition) is 2. The minimum atomic E-state index is -3.85. The number of hydrogen-bond acceptors (Lipinski definition) is 6. The Hall–Kier alpha value is -3.97. The Labute approximate surface area is 193 Å². The summed E-state index contributed by atoms with van der Waals surface area (Å²) in [4.78, 5) is 0.0895. The van der Waals surface area contributed by atoms with Gasteiger partial charge in [-0.3, -0.25) is 0 Å². The van der Waals surface area contributed by atoms with Crippen molar-refractivity contribution in [2.45, 2.75) is 23.6 Å². The second-order valence-corrected chi connectivity index (χ2v) is 9.69. The van der Waals surface area contributed by atoms with Gasteiger partial charge < -0.3 is 20.9 Å². The van der Waals surface area contributed by atoms with E-state index in [1.165, 1.54) is 24.3 Å². The summed E-state index contributed by atoms with van der Waals surface area (Å²) in [5.41, 5.74) is 14.7. The molecule has 0 aliphatic carbocycles. The molecule has 4 N–H and O–H groups in total. The van der Waals surface area contributed by atoms with Crippen molar-refractivity contribution in [2.75, 3.05) is 11.5 Å². The maximum Gasteiger partial charge on any atom is 0.206 e. The molecule has 0 fully saturated rings. The van der Waals surface area contributed by atoms with E-state index in [4.69, 9.17) is 20.9 Å². The third-order valence-electron chi connectivity index (χ3n) is 5.02. The van der Waals surface area contributed by atoms with Crippen molar-refractivity contribution in [2.24, 2.45) is 0 Å². The molecule has 0 aliphatic rings. The summed E-state index contributed by atoms with van der Waals surface area (Å²) in [6.07, 6.45) is 0. The summed E-state index contributed by atoms with van der Waals surface area (Å²) in [7, 11) is -3.85. The van der Waals surface area contributed by atoms with Gasteiger partial charge in [0.15, 0.2) is 0 Å². The first-order chi connectivity index (χ1) is 15.7. The standard InChI is InChI=1S/C26H24N2O4S/c1-17-5-3-7-19(13-17)31-25-11-9-21(15-23(25)27)33(29,30)22-10-12-26(24(28)16-22)32-20-8-4-6-18(2)14-20/h3-16H,27-28H2,1-2H3. The number of rotatable bonds is 6. The van der Waals surface area contributed by atoms with Crippen LogP contribution in [0.25, 0.3) is 0 Å². The Morgan fingerprint density at radius 1 is 0.606 bits per heavy atom. The van der Waals surface area contributed by atoms with Crippen LogP contribution in [0.15, 0.2) is 94.7 Å². The van der Waals surface area contributed by atoms with Gasteiger partial charge in [-0.1, -0.05) is 24.3 Å². The van der Waals surface area contributed by atoms with Crippen LogP contribution in [0.3, 0.4) is 0 Å². The molecule has 0 amide bonds. The van der Waals surface area contributed by atoms with Gasteiger partial charge in [0.1, 0.15) is 23.0 Å². The van der Waals surface area contributed by atoms with Crippen molar-refractivity contribution in [3.05, 3.63) is 96.1 Å². The van der Waals surface area contributed by atoms with Gasteiger partial charge in [0, 0.05) is 0 Å². The fraction of sp³-hybridized carbons (Fsp3) is 0.0769. The highest BCUT2D eigenvalue weighted by molar-refractivity contribution is 7.91. The zero-order valence-corrected chi connectivity index (χ0v) is 19.1. The average molecular weight is 461 g/mol. The van der Waals surface area contributed by atoms with E-state index in [1.54, 1.807) is 24.3 Å². The SMILES string of the molecule is Cc1cccc(Oc2ccc(S(=O)(=O)c3ccc(Oc4cccc(C)c4)c(N)c3)cc2N)c1. The van der Waals surface area contributed by atoms with Crippen molar-refractivity contribution in [3.63, 3.8) is 0 Å². The molecule has 0 saturated heterocycles. The van der Waals surface area contributed by atoms with Crippen LogP contribution in [0.1, 0.15) is 11.1 Å². The van der Waals surface area contributed by atoms with E-state index in [0.717, 1.165) is 11.1 Å². The molecule has 0 atom stereocenters. The molecular weight excluding hydrogens is 436 g/mol. The lowest BCUT2D eigenvalue weighted by molar-refractivity contribution is 0.484. The molecule has 0 unspecified atom stereocenters. The first kappa shape index (κ1) is 22.2. The maximum atomic E-state index is 13.2. The molecule has 0 spiro atoms. The molecular formula is C26H24N2O4S. The monoisotopic (exact) mass is 460 g/mol. The van der Waals surface area contributed by atoms with Crippen LogP contribution in [0, 0.1) is 13.8 Å². The molecule has 168 valence electrons. The Morgan fingerprint density at radius 3 is 1.39 bits per heavy atom. The van der Waals surface area contributed by atoms with Crippen LogP contribution in [-0.2, 0) is 9.84 Å². The van der Waals surface area contributed by atoms with E-state index in [-0.39, 0.29) is 21.2 Å². The maximum absolute atomic E-state index is 13.2. The molecule has 0 aromatic heterocycles. The predicted octanol–water partition coefficient (Wildman–Crippen LogP) is 5.89. The molecule has 0 heterocycles. The number of anilines is 2. The number of benzene rings is 4. The molecule has 0 aliphatic heterocycles. The number of ether oxygens (including phenoxy) is 2. The van der Waals surface area contributed by atoms with Crippen molar-refractivity contribution in [1.29, 1.82) is 0 Å². The highest BCUT2D eigenvalue weighted by Crippen LogP contribution is 2.34. The van der Waals surface area contributed by atoms with E-state index < -0.39 is 9.84 Å². The summed E-state index contributed by atoms with van der Waals surface area (Å²) in [6, 6.07) is 23.8. The van der Waals surface area contributed by atoms with Gasteiger partial charge >= 0.3 is 0 Å². The topological polar surface area (TPSA) is 105 Å². The third kappa shape index (κ3) is 4.94. The van der Waals surface area contributed by atoms with Gasteiger partial charge in [0.25, 0.3) is 0 Å². The van der Waals surface area contributed by atoms with Gasteiger partial charge in [0.05, 0.1) is 21.2 Å². The van der Waals surface area contributed by atoms with Crippen molar-refractivity contribution >= 4 is 21.2 Å². The number of nitrogen functional groups attached to an aromatic ring is 2. The van der Waals surface area contributed by atoms with Crippen LogP contribution in [0.4, 0.5) is 11.4 Å². The summed E-state index contributed by atoms with van der Waals surface area (Å²) >= 11 is 0. The molecule has 0 saturated carbocycles. The molecule has 4 rings (SSSR count). The second-order valence-electron chi connectivity index (χ2n) is 7.74. The third-order valence-corrected chi connectivity index (χ3v) is 6.77. The quantitative estimate of drug-likeness (QED) is 0.348. The smallest absolute Gasteiger partial charge is 0.206 e. The molecule has 0 radical (unpaired) electrons. The lowest BCUT2D eigenvalue weighted by atomic mass is 10.2. The van der Waals surface area contributed by atoms with Crippen molar-refractivity contribution in [1.82, 2.24) is 0 Å². The predicted molar refractivity (Wildman–Crippen MR) is 130 cm³/mol. The normalized spacial score (nSPS) is 11.2. The van der Waals surface area contributed by atoms with E-state index in [2.05, 4.69) is 0 Å². The van der Waals surface area contributed by atoms with Crippen LogP contribution < -0.4 is 20.9 Å². The number of aryl methyl sites for hydroxylation is 2. The van der Waals surface area contributed by atoms with E-state index >= 15 is 0 Å². The highest BCUT2D eigenvalue weighted by atomic mass is 32.2. The first-order valence-electron chi connectivity index (χ1n) is 10.3. The van der Waals surface area contributed by atoms with Crippen molar-refractivity contribution in [3.8, 4) is 23.0 Å². The minimum absolute atomic E-state index is 0.0448. The number of nitrogens with two attached hydrogens (primary N) is 2. The van der Waals surface area contributed by atoms with E-state index in [0.29, 0.717) is 23.0 Å². The fourth-order valence-corrected chi connectivity index (χ4v) is 4.65. The van der Waals surface area contributed by atoms with Crippen LogP contribution in [-0.4, -0.2) is 8.42 Å². The summed E-state index contributed by atoms with van der Waals surface area (Å²) in [5, 5.41) is 0. The van der Waals surface area contributed by atoms with Crippen LogP contribution >= 0.6 is 0 Å². The molecule has 0 bridgehead atoms. The van der Waals surface area contributed by atoms with Gasteiger partial charge in [-0.25, -0.2) is 8.42 Å². The van der Waals surface area contributed by atoms with Gasteiger partial charge in [-0.15, -0.1) is 0 Å². The minimum Gasteiger partial charge on any atom is -0.455 e. The lowest BCUT2D eigenvalue weighted by Crippen LogP contribution is -2.05. The van der Waals surface area contributed by atoms with Crippen molar-refractivity contribution < 1.29 is 17.9 Å². The second kappa shape index (κ2) is 8.88. The van der Waals surface area contributed by atoms with Crippen LogP contribution in [0.2, 0.25) is 0 Å². The van der Waals surface area contributed by atoms with E-state index in [1.807, 2.05) is 50.2 Å². The number of sulfone groups is 1. The summed E-state index contributed by atoms with van der Waals surface area (Å²) in [5.74, 6) is 1.99. The first-order valence-corrected chi connectivity index (χ1v) is 11.7. The van der Waals surface area contributed by atoms with Crippen LogP contribution in [0.5, 0.6) is 23.0 Å². The van der Waals surface area contributed by atoms with Gasteiger partial charge in [0.2, 0.25) is 9.84 Å². The highest BCUT2D eigenvalue weighted by Gasteiger charge is 2.21. The zero-order chi connectivity index (χ0) is 23.6. The lowest BCUT2D eigenvalue weighted by Gasteiger charge is -2.13. The van der Waals surface area contributed by atoms with Gasteiger partial charge in [-0.2, -0.15) is 0 Å². The largest absolute Gasteiger partial charge is 0.455 e. The summed E-state index contributed by atoms with van der Waals surface area (Å²) < 4.78 is 38.0. The van der Waals surface area contributed by atoms with Gasteiger partial charge in [-0.05, 0) is 85.6 Å². The Balaban J connectivity index is 1.58. The molecule has 4 aromatic carbocycles. The fourth-order valence-electron chi connectivity index (χ4n) is 3.32. The molecule has 33 heavy (non-hydrogen) atoms. The Morgan fingerprint density at radius 2 is 1.03 bits per heavy atom.